The zero-order valence-electron chi connectivity index (χ0n) is 17.4. The first kappa shape index (κ1) is 20.4. The van der Waals surface area contributed by atoms with Crippen LogP contribution in [0.5, 0.6) is 0 Å². The van der Waals surface area contributed by atoms with E-state index in [2.05, 4.69) is 27.2 Å². The maximum atomic E-state index is 13.0. The monoisotopic (exact) mass is 398 g/mol. The van der Waals surface area contributed by atoms with E-state index in [0.717, 1.165) is 78.0 Å². The van der Waals surface area contributed by atoms with Crippen molar-refractivity contribution in [3.05, 3.63) is 35.9 Å². The van der Waals surface area contributed by atoms with E-state index in [1.807, 2.05) is 23.1 Å². The zero-order valence-corrected chi connectivity index (χ0v) is 17.4. The Bertz CT molecular complexity index is 681. The lowest BCUT2D eigenvalue weighted by Crippen LogP contribution is -2.50. The van der Waals surface area contributed by atoms with E-state index < -0.39 is 0 Å². The summed E-state index contributed by atoms with van der Waals surface area (Å²) in [6.45, 7) is 7.52. The summed E-state index contributed by atoms with van der Waals surface area (Å²) < 4.78 is 0. The fourth-order valence-electron chi connectivity index (χ4n) is 4.98. The molecule has 3 aliphatic rings. The van der Waals surface area contributed by atoms with Crippen LogP contribution in [0.4, 0.5) is 0 Å². The normalized spacial score (nSPS) is 24.1. The fraction of sp³-hybridized carbons (Fsp3) is 0.652. The van der Waals surface area contributed by atoms with Crippen LogP contribution in [0.3, 0.4) is 0 Å². The van der Waals surface area contributed by atoms with Crippen LogP contribution in [0.1, 0.15) is 31.2 Å². The molecule has 3 saturated heterocycles. The summed E-state index contributed by atoms with van der Waals surface area (Å²) in [5.74, 6) is 0.633. The summed E-state index contributed by atoms with van der Waals surface area (Å²) in [4.78, 5) is 32.1. The van der Waals surface area contributed by atoms with Crippen LogP contribution in [0.25, 0.3) is 0 Å². The molecule has 0 aliphatic carbocycles. The van der Waals surface area contributed by atoms with Gasteiger partial charge < -0.3 is 15.1 Å². The standard InChI is InChI=1S/C23H34N4O2/c28-22(7-6-19-4-2-1-3-5-19)26-13-8-20(9-14-26)23(29)27-15-10-21(18-27)25-16-11-24-12-17-25/h1-5,20-21,24H,6-18H2. The Morgan fingerprint density at radius 2 is 1.59 bits per heavy atom. The van der Waals surface area contributed by atoms with Gasteiger partial charge in [0.05, 0.1) is 0 Å². The number of nitrogens with zero attached hydrogens (tertiary/aromatic N) is 3. The van der Waals surface area contributed by atoms with Crippen molar-refractivity contribution in [2.24, 2.45) is 5.92 Å². The average Bonchev–Trinajstić information content (AvgIpc) is 3.29. The van der Waals surface area contributed by atoms with E-state index in [-0.39, 0.29) is 11.8 Å². The van der Waals surface area contributed by atoms with Gasteiger partial charge in [0.25, 0.3) is 0 Å². The number of piperidine rings is 1. The second-order valence-corrected chi connectivity index (χ2v) is 8.65. The number of amides is 2. The number of piperazine rings is 1. The number of nitrogens with one attached hydrogen (secondary N) is 1. The summed E-state index contributed by atoms with van der Waals surface area (Å²) in [5.41, 5.74) is 1.21. The van der Waals surface area contributed by atoms with E-state index in [1.54, 1.807) is 0 Å². The van der Waals surface area contributed by atoms with Crippen molar-refractivity contribution in [2.75, 3.05) is 52.4 Å². The van der Waals surface area contributed by atoms with Crippen LogP contribution in [-0.2, 0) is 16.0 Å². The molecule has 0 saturated carbocycles. The van der Waals surface area contributed by atoms with E-state index in [9.17, 15) is 9.59 Å². The van der Waals surface area contributed by atoms with Gasteiger partial charge in [-0.25, -0.2) is 0 Å². The molecule has 158 valence electrons. The van der Waals surface area contributed by atoms with E-state index in [0.29, 0.717) is 18.4 Å². The Morgan fingerprint density at radius 1 is 0.897 bits per heavy atom. The first-order valence-electron chi connectivity index (χ1n) is 11.3. The maximum Gasteiger partial charge on any atom is 0.225 e. The van der Waals surface area contributed by atoms with Crippen LogP contribution in [0, 0.1) is 5.92 Å². The molecule has 3 aliphatic heterocycles. The van der Waals surface area contributed by atoms with Gasteiger partial charge in [-0.1, -0.05) is 30.3 Å². The Labute approximate surface area is 174 Å². The fourth-order valence-corrected chi connectivity index (χ4v) is 4.98. The quantitative estimate of drug-likeness (QED) is 0.814. The van der Waals surface area contributed by atoms with Crippen molar-refractivity contribution in [2.45, 2.75) is 38.1 Å². The third kappa shape index (κ3) is 5.17. The van der Waals surface area contributed by atoms with Gasteiger partial charge in [0.15, 0.2) is 0 Å². The topological polar surface area (TPSA) is 55.9 Å². The van der Waals surface area contributed by atoms with Gasteiger partial charge in [-0.2, -0.15) is 0 Å². The highest BCUT2D eigenvalue weighted by molar-refractivity contribution is 5.80. The third-order valence-corrected chi connectivity index (χ3v) is 6.81. The average molecular weight is 399 g/mol. The molecule has 1 unspecified atom stereocenters. The Morgan fingerprint density at radius 3 is 2.31 bits per heavy atom. The second kappa shape index (κ2) is 9.72. The molecule has 6 heteroatoms. The van der Waals surface area contributed by atoms with E-state index in [4.69, 9.17) is 0 Å². The largest absolute Gasteiger partial charge is 0.343 e. The van der Waals surface area contributed by atoms with Crippen molar-refractivity contribution >= 4 is 11.8 Å². The van der Waals surface area contributed by atoms with Crippen molar-refractivity contribution in [1.29, 1.82) is 0 Å². The highest BCUT2D eigenvalue weighted by atomic mass is 16.2. The van der Waals surface area contributed by atoms with Crippen LogP contribution in [-0.4, -0.2) is 84.9 Å². The smallest absolute Gasteiger partial charge is 0.225 e. The number of hydrogen-bond acceptors (Lipinski definition) is 4. The molecule has 0 spiro atoms. The number of hydrogen-bond donors (Lipinski definition) is 1. The van der Waals surface area contributed by atoms with Gasteiger partial charge in [-0.15, -0.1) is 0 Å². The lowest BCUT2D eigenvalue weighted by molar-refractivity contribution is -0.140. The van der Waals surface area contributed by atoms with Gasteiger partial charge in [0.2, 0.25) is 11.8 Å². The SMILES string of the molecule is O=C(CCc1ccccc1)N1CCC(C(=O)N2CCC(N3CCNCC3)C2)CC1. The van der Waals surface area contributed by atoms with Gasteiger partial charge >= 0.3 is 0 Å². The maximum absolute atomic E-state index is 13.0. The minimum Gasteiger partial charge on any atom is -0.343 e. The van der Waals surface area contributed by atoms with Gasteiger partial charge in [0, 0.05) is 70.7 Å². The summed E-state index contributed by atoms with van der Waals surface area (Å²) in [7, 11) is 0. The first-order chi connectivity index (χ1) is 14.2. The number of likely N-dealkylation sites (tertiary alicyclic amines) is 2. The molecule has 1 N–H and O–H groups in total. The number of aryl methyl sites for hydroxylation is 1. The van der Waals surface area contributed by atoms with Crippen molar-refractivity contribution in [1.82, 2.24) is 20.0 Å². The van der Waals surface area contributed by atoms with Gasteiger partial charge in [-0.3, -0.25) is 14.5 Å². The molecule has 0 bridgehead atoms. The molecule has 3 heterocycles. The minimum atomic E-state index is 0.0925. The van der Waals surface area contributed by atoms with E-state index >= 15 is 0 Å². The Hall–Kier alpha value is -1.92. The highest BCUT2D eigenvalue weighted by Gasteiger charge is 2.35. The predicted octanol–water partition coefficient (Wildman–Crippen LogP) is 1.36. The van der Waals surface area contributed by atoms with Crippen molar-refractivity contribution < 1.29 is 9.59 Å². The zero-order chi connectivity index (χ0) is 20.1. The van der Waals surface area contributed by atoms with Crippen molar-refractivity contribution in [3.63, 3.8) is 0 Å². The molecule has 1 atom stereocenters. The number of benzene rings is 1. The summed E-state index contributed by atoms with van der Waals surface area (Å²) >= 11 is 0. The Balaban J connectivity index is 1.20. The molecule has 1 aromatic carbocycles. The number of carbonyl (C=O) groups is 2. The summed E-state index contributed by atoms with van der Waals surface area (Å²) in [6.07, 6.45) is 4.07. The molecule has 3 fully saturated rings. The highest BCUT2D eigenvalue weighted by Crippen LogP contribution is 2.24. The molecule has 6 nitrogen and oxygen atoms in total. The summed E-state index contributed by atoms with van der Waals surface area (Å²) in [6, 6.07) is 10.7. The molecule has 0 aromatic heterocycles. The molecule has 0 radical (unpaired) electrons. The van der Waals surface area contributed by atoms with Gasteiger partial charge in [0.1, 0.15) is 0 Å². The third-order valence-electron chi connectivity index (χ3n) is 6.81. The molecule has 2 amide bonds. The van der Waals surface area contributed by atoms with Crippen LogP contribution in [0.2, 0.25) is 0 Å². The number of carbonyl (C=O) groups excluding carboxylic acids is 2. The molecular formula is C23H34N4O2. The second-order valence-electron chi connectivity index (χ2n) is 8.65. The van der Waals surface area contributed by atoms with Gasteiger partial charge in [-0.05, 0) is 31.2 Å². The predicted molar refractivity (Wildman–Crippen MR) is 113 cm³/mol. The lowest BCUT2D eigenvalue weighted by Gasteiger charge is -2.34. The molecular weight excluding hydrogens is 364 g/mol. The lowest BCUT2D eigenvalue weighted by atomic mass is 9.95. The Kier molecular flexibility index (Phi) is 6.82. The molecule has 29 heavy (non-hydrogen) atoms. The van der Waals surface area contributed by atoms with Crippen molar-refractivity contribution in [3.8, 4) is 0 Å². The van der Waals surface area contributed by atoms with E-state index in [1.165, 1.54) is 5.56 Å². The number of rotatable bonds is 5. The molecule has 1 aromatic rings. The van der Waals surface area contributed by atoms with Crippen LogP contribution < -0.4 is 5.32 Å². The molecule has 4 rings (SSSR count). The van der Waals surface area contributed by atoms with Crippen LogP contribution >= 0.6 is 0 Å². The van der Waals surface area contributed by atoms with Crippen LogP contribution in [0.15, 0.2) is 30.3 Å². The first-order valence-corrected chi connectivity index (χ1v) is 11.3. The minimum absolute atomic E-state index is 0.0925. The summed E-state index contributed by atoms with van der Waals surface area (Å²) in [5, 5.41) is 3.40.